The minimum atomic E-state index is -0.326. The zero-order chi connectivity index (χ0) is 21.7. The van der Waals surface area contributed by atoms with Crippen molar-refractivity contribution in [3.8, 4) is 0 Å². The van der Waals surface area contributed by atoms with Crippen molar-refractivity contribution in [2.75, 3.05) is 16.4 Å². The highest BCUT2D eigenvalue weighted by Gasteiger charge is 2.11. The maximum Gasteiger partial charge on any atom is 0.257 e. The van der Waals surface area contributed by atoms with Crippen LogP contribution >= 0.6 is 46.6 Å². The lowest BCUT2D eigenvalue weighted by molar-refractivity contribution is -0.113. The van der Waals surface area contributed by atoms with Crippen LogP contribution in [0.25, 0.3) is 0 Å². The second kappa shape index (κ2) is 10.2. The molecular weight excluding hydrogens is 463 g/mol. The Labute approximate surface area is 193 Å². The van der Waals surface area contributed by atoms with E-state index in [0.717, 1.165) is 10.5 Å². The van der Waals surface area contributed by atoms with E-state index in [1.807, 2.05) is 25.1 Å². The van der Waals surface area contributed by atoms with Gasteiger partial charge < -0.3 is 10.6 Å². The van der Waals surface area contributed by atoms with Crippen molar-refractivity contribution in [3.05, 3.63) is 86.9 Å². The van der Waals surface area contributed by atoms with Crippen LogP contribution < -0.4 is 10.6 Å². The highest BCUT2D eigenvalue weighted by molar-refractivity contribution is 8.00. The van der Waals surface area contributed by atoms with Gasteiger partial charge in [-0.05, 0) is 67.1 Å². The molecule has 0 fully saturated rings. The summed E-state index contributed by atoms with van der Waals surface area (Å²) >= 11 is 19.3. The van der Waals surface area contributed by atoms with Gasteiger partial charge in [-0.15, -0.1) is 11.8 Å². The van der Waals surface area contributed by atoms with E-state index in [4.69, 9.17) is 34.8 Å². The summed E-state index contributed by atoms with van der Waals surface area (Å²) in [6, 6.07) is 17.3. The molecule has 0 unspecified atom stereocenters. The molecule has 0 bridgehead atoms. The predicted octanol–water partition coefficient (Wildman–Crippen LogP) is 6.94. The SMILES string of the molecule is Cc1ccc(Cl)cc1NC(=O)CSc1ccc(NC(=O)c2ccc(Cl)cc2Cl)cc1. The van der Waals surface area contributed by atoms with Gasteiger partial charge in [-0.1, -0.05) is 40.9 Å². The average Bonchev–Trinajstić information content (AvgIpc) is 2.70. The van der Waals surface area contributed by atoms with E-state index in [2.05, 4.69) is 10.6 Å². The number of halogens is 3. The summed E-state index contributed by atoms with van der Waals surface area (Å²) in [5.74, 6) is -0.202. The summed E-state index contributed by atoms with van der Waals surface area (Å²) in [6.45, 7) is 1.91. The molecule has 8 heteroatoms. The van der Waals surface area contributed by atoms with Crippen LogP contribution in [0.5, 0.6) is 0 Å². The summed E-state index contributed by atoms with van der Waals surface area (Å²) < 4.78 is 0. The van der Waals surface area contributed by atoms with Gasteiger partial charge >= 0.3 is 0 Å². The molecule has 4 nitrogen and oxygen atoms in total. The molecule has 3 aromatic rings. The Morgan fingerprint density at radius 2 is 1.53 bits per heavy atom. The van der Waals surface area contributed by atoms with Crippen molar-refractivity contribution in [3.63, 3.8) is 0 Å². The molecule has 0 aliphatic rings. The summed E-state index contributed by atoms with van der Waals surface area (Å²) in [7, 11) is 0. The number of anilines is 2. The number of thioether (sulfide) groups is 1. The number of amides is 2. The quantitative estimate of drug-likeness (QED) is 0.377. The maximum absolute atomic E-state index is 12.4. The van der Waals surface area contributed by atoms with Crippen molar-refractivity contribution < 1.29 is 9.59 Å². The number of carbonyl (C=O) groups is 2. The number of benzene rings is 3. The molecule has 0 saturated heterocycles. The molecule has 3 aromatic carbocycles. The Hall–Kier alpha value is -2.18. The van der Waals surface area contributed by atoms with Crippen LogP contribution in [0.2, 0.25) is 15.1 Å². The smallest absolute Gasteiger partial charge is 0.257 e. The lowest BCUT2D eigenvalue weighted by Crippen LogP contribution is -2.14. The van der Waals surface area contributed by atoms with Gasteiger partial charge in [0.25, 0.3) is 5.91 Å². The molecule has 3 rings (SSSR count). The molecule has 0 radical (unpaired) electrons. The second-order valence-electron chi connectivity index (χ2n) is 6.40. The Kier molecular flexibility index (Phi) is 7.67. The van der Waals surface area contributed by atoms with Crippen LogP contribution in [0.1, 0.15) is 15.9 Å². The Bertz CT molecular complexity index is 1090. The Morgan fingerprint density at radius 3 is 2.23 bits per heavy atom. The van der Waals surface area contributed by atoms with E-state index in [-0.39, 0.29) is 22.6 Å². The lowest BCUT2D eigenvalue weighted by atomic mass is 10.2. The first kappa shape index (κ1) is 22.5. The number of hydrogen-bond donors (Lipinski definition) is 2. The number of carbonyl (C=O) groups excluding carboxylic acids is 2. The topological polar surface area (TPSA) is 58.2 Å². The Balaban J connectivity index is 1.54. The summed E-state index contributed by atoms with van der Waals surface area (Å²) in [6.07, 6.45) is 0. The summed E-state index contributed by atoms with van der Waals surface area (Å²) in [5, 5.41) is 6.97. The summed E-state index contributed by atoms with van der Waals surface area (Å²) in [5.41, 5.74) is 2.60. The molecule has 0 aromatic heterocycles. The third kappa shape index (κ3) is 6.16. The first-order chi connectivity index (χ1) is 14.3. The predicted molar refractivity (Wildman–Crippen MR) is 126 cm³/mol. The van der Waals surface area contributed by atoms with Gasteiger partial charge in [0.15, 0.2) is 0 Å². The van der Waals surface area contributed by atoms with E-state index >= 15 is 0 Å². The molecule has 0 atom stereocenters. The first-order valence-corrected chi connectivity index (χ1v) is 11.0. The summed E-state index contributed by atoms with van der Waals surface area (Å²) in [4.78, 5) is 25.5. The Morgan fingerprint density at radius 1 is 0.867 bits per heavy atom. The molecule has 30 heavy (non-hydrogen) atoms. The zero-order valence-corrected chi connectivity index (χ0v) is 18.9. The third-order valence-electron chi connectivity index (χ3n) is 4.13. The molecule has 0 heterocycles. The van der Waals surface area contributed by atoms with E-state index in [1.54, 1.807) is 36.4 Å². The standard InChI is InChI=1S/C22H17Cl3N2O2S/c1-13-2-3-15(24)11-20(13)27-21(28)12-30-17-7-5-16(6-8-17)26-22(29)18-9-4-14(23)10-19(18)25/h2-11H,12H2,1H3,(H,26,29)(H,27,28). The van der Waals surface area contributed by atoms with Gasteiger partial charge in [0.2, 0.25) is 5.91 Å². The van der Waals surface area contributed by atoms with Gasteiger partial charge in [0, 0.05) is 26.3 Å². The van der Waals surface area contributed by atoms with Crippen LogP contribution in [0.3, 0.4) is 0 Å². The van der Waals surface area contributed by atoms with Gasteiger partial charge in [0.1, 0.15) is 0 Å². The van der Waals surface area contributed by atoms with E-state index < -0.39 is 0 Å². The fourth-order valence-corrected chi connectivity index (χ4v) is 3.94. The zero-order valence-electron chi connectivity index (χ0n) is 15.8. The average molecular weight is 480 g/mol. The second-order valence-corrected chi connectivity index (χ2v) is 8.73. The van der Waals surface area contributed by atoms with Crippen LogP contribution in [-0.4, -0.2) is 17.6 Å². The van der Waals surface area contributed by atoms with Crippen LogP contribution in [0.4, 0.5) is 11.4 Å². The van der Waals surface area contributed by atoms with Gasteiger partial charge in [-0.25, -0.2) is 0 Å². The molecule has 154 valence electrons. The van der Waals surface area contributed by atoms with Gasteiger partial charge in [-0.2, -0.15) is 0 Å². The molecular formula is C22H17Cl3N2O2S. The van der Waals surface area contributed by atoms with Crippen LogP contribution in [0.15, 0.2) is 65.6 Å². The number of nitrogens with one attached hydrogen (secondary N) is 2. The molecule has 0 spiro atoms. The number of aryl methyl sites for hydroxylation is 1. The minimum absolute atomic E-state index is 0.125. The monoisotopic (exact) mass is 478 g/mol. The molecule has 0 saturated carbocycles. The minimum Gasteiger partial charge on any atom is -0.325 e. The third-order valence-corrected chi connectivity index (χ3v) is 5.93. The highest BCUT2D eigenvalue weighted by Crippen LogP contribution is 2.25. The maximum atomic E-state index is 12.4. The molecule has 0 aliphatic carbocycles. The van der Waals surface area contributed by atoms with Crippen molar-refractivity contribution in [1.29, 1.82) is 0 Å². The van der Waals surface area contributed by atoms with Crippen molar-refractivity contribution in [1.82, 2.24) is 0 Å². The van der Waals surface area contributed by atoms with Crippen LogP contribution in [-0.2, 0) is 4.79 Å². The lowest BCUT2D eigenvalue weighted by Gasteiger charge is -2.10. The number of rotatable bonds is 6. The van der Waals surface area contributed by atoms with Crippen molar-refractivity contribution >= 4 is 69.8 Å². The van der Waals surface area contributed by atoms with E-state index in [0.29, 0.717) is 27.0 Å². The van der Waals surface area contributed by atoms with Crippen molar-refractivity contribution in [2.45, 2.75) is 11.8 Å². The van der Waals surface area contributed by atoms with Gasteiger partial charge in [-0.3, -0.25) is 9.59 Å². The van der Waals surface area contributed by atoms with Crippen molar-refractivity contribution in [2.24, 2.45) is 0 Å². The molecule has 2 amide bonds. The normalized spacial score (nSPS) is 10.5. The van der Waals surface area contributed by atoms with Crippen LogP contribution in [0, 0.1) is 6.92 Å². The van der Waals surface area contributed by atoms with Gasteiger partial charge in [0.05, 0.1) is 16.3 Å². The van der Waals surface area contributed by atoms with E-state index in [1.165, 1.54) is 17.8 Å². The molecule has 2 N–H and O–H groups in total. The highest BCUT2D eigenvalue weighted by atomic mass is 35.5. The number of hydrogen-bond acceptors (Lipinski definition) is 3. The largest absolute Gasteiger partial charge is 0.325 e. The molecule has 0 aliphatic heterocycles. The fourth-order valence-electron chi connectivity index (χ4n) is 2.57. The van der Waals surface area contributed by atoms with E-state index in [9.17, 15) is 9.59 Å². The fraction of sp³-hybridized carbons (Fsp3) is 0.0909. The first-order valence-electron chi connectivity index (χ1n) is 8.87.